The van der Waals surface area contributed by atoms with Crippen molar-refractivity contribution in [2.24, 2.45) is 0 Å². The zero-order valence-corrected chi connectivity index (χ0v) is 16.6. The molecule has 2 N–H and O–H groups in total. The third-order valence-corrected chi connectivity index (χ3v) is 5.44. The van der Waals surface area contributed by atoms with Gasteiger partial charge in [0, 0.05) is 11.4 Å². The van der Waals surface area contributed by atoms with Gasteiger partial charge in [-0.05, 0) is 36.8 Å². The number of rotatable bonds is 7. The summed E-state index contributed by atoms with van der Waals surface area (Å²) in [7, 11) is 0. The van der Waals surface area contributed by atoms with Crippen LogP contribution in [0.15, 0.2) is 69.1 Å². The van der Waals surface area contributed by atoms with Crippen LogP contribution >= 0.6 is 11.8 Å². The van der Waals surface area contributed by atoms with Crippen LogP contribution in [0, 0.1) is 5.82 Å². The Morgan fingerprint density at radius 2 is 1.69 bits per heavy atom. The molecule has 0 aliphatic heterocycles. The predicted molar refractivity (Wildman–Crippen MR) is 112 cm³/mol. The molecule has 0 radical (unpaired) electrons. The topological polar surface area (TPSA) is 87.1 Å². The second-order valence-corrected chi connectivity index (χ2v) is 7.38. The highest BCUT2D eigenvalue weighted by molar-refractivity contribution is 8.00. The van der Waals surface area contributed by atoms with E-state index < -0.39 is 17.0 Å². The van der Waals surface area contributed by atoms with Crippen molar-refractivity contribution in [1.29, 1.82) is 0 Å². The predicted octanol–water partition coefficient (Wildman–Crippen LogP) is 2.77. The molecule has 8 heteroatoms. The maximum atomic E-state index is 13.0. The van der Waals surface area contributed by atoms with E-state index in [-0.39, 0.29) is 36.0 Å². The van der Waals surface area contributed by atoms with Crippen molar-refractivity contribution < 1.29 is 9.18 Å². The standard InChI is InChI=1S/C21H20FN3O3S/c1-2-24-20(27)18(17(26)13-29-16-10-8-15(22)9-11-16)19(23)25(21(24)28)12-14-6-4-3-5-7-14/h3-11H,2,12-13,23H2,1H3. The summed E-state index contributed by atoms with van der Waals surface area (Å²) in [5, 5.41) is 0. The van der Waals surface area contributed by atoms with Gasteiger partial charge in [-0.25, -0.2) is 9.18 Å². The highest BCUT2D eigenvalue weighted by atomic mass is 32.2. The lowest BCUT2D eigenvalue weighted by Gasteiger charge is -2.15. The van der Waals surface area contributed by atoms with Gasteiger partial charge in [-0.2, -0.15) is 0 Å². The van der Waals surface area contributed by atoms with Crippen LogP contribution in [0.1, 0.15) is 22.8 Å². The van der Waals surface area contributed by atoms with Gasteiger partial charge >= 0.3 is 5.69 Å². The van der Waals surface area contributed by atoms with Crippen LogP contribution in [-0.4, -0.2) is 20.7 Å². The Morgan fingerprint density at radius 3 is 2.31 bits per heavy atom. The lowest BCUT2D eigenvalue weighted by Crippen LogP contribution is -2.44. The minimum absolute atomic E-state index is 0.0572. The van der Waals surface area contributed by atoms with Gasteiger partial charge in [0.05, 0.1) is 12.3 Å². The molecule has 0 aliphatic carbocycles. The fourth-order valence-electron chi connectivity index (χ4n) is 2.93. The molecule has 0 saturated heterocycles. The lowest BCUT2D eigenvalue weighted by molar-refractivity contribution is 0.102. The van der Waals surface area contributed by atoms with E-state index in [2.05, 4.69) is 0 Å². The first-order valence-electron chi connectivity index (χ1n) is 9.01. The van der Waals surface area contributed by atoms with Crippen LogP contribution in [0.5, 0.6) is 0 Å². The number of nitrogens with zero attached hydrogens (tertiary/aromatic N) is 2. The first kappa shape index (κ1) is 20.6. The molecule has 3 aromatic rings. The average Bonchev–Trinajstić information content (AvgIpc) is 2.72. The summed E-state index contributed by atoms with van der Waals surface area (Å²) < 4.78 is 15.3. The summed E-state index contributed by atoms with van der Waals surface area (Å²) in [6.45, 7) is 1.93. The summed E-state index contributed by atoms with van der Waals surface area (Å²) in [6, 6.07) is 14.9. The number of carbonyl (C=O) groups excluding carboxylic acids is 1. The van der Waals surface area contributed by atoms with Crippen LogP contribution in [0.2, 0.25) is 0 Å². The lowest BCUT2D eigenvalue weighted by atomic mass is 10.2. The van der Waals surface area contributed by atoms with Crippen molar-refractivity contribution in [1.82, 2.24) is 9.13 Å². The zero-order chi connectivity index (χ0) is 21.0. The van der Waals surface area contributed by atoms with E-state index in [1.54, 1.807) is 19.1 Å². The van der Waals surface area contributed by atoms with Crippen LogP contribution in [0.3, 0.4) is 0 Å². The van der Waals surface area contributed by atoms with Crippen molar-refractivity contribution in [3.63, 3.8) is 0 Å². The van der Waals surface area contributed by atoms with Gasteiger partial charge in [0.25, 0.3) is 5.56 Å². The molecule has 6 nitrogen and oxygen atoms in total. The molecule has 0 aliphatic rings. The number of hydrogen-bond acceptors (Lipinski definition) is 5. The largest absolute Gasteiger partial charge is 0.384 e. The molecule has 0 saturated carbocycles. The Bertz CT molecular complexity index is 1140. The smallest absolute Gasteiger partial charge is 0.332 e. The van der Waals surface area contributed by atoms with E-state index in [0.29, 0.717) is 4.90 Å². The molecule has 0 amide bonds. The van der Waals surface area contributed by atoms with E-state index in [1.165, 1.54) is 28.5 Å². The number of hydrogen-bond donors (Lipinski definition) is 1. The van der Waals surface area contributed by atoms with Gasteiger partial charge in [-0.15, -0.1) is 11.8 Å². The molecule has 0 atom stereocenters. The maximum Gasteiger partial charge on any atom is 0.332 e. The van der Waals surface area contributed by atoms with E-state index in [9.17, 15) is 18.8 Å². The van der Waals surface area contributed by atoms with E-state index in [1.807, 2.05) is 30.3 Å². The third-order valence-electron chi connectivity index (χ3n) is 4.43. The number of benzene rings is 2. The molecular formula is C21H20FN3O3S. The Hall–Kier alpha value is -3.13. The quantitative estimate of drug-likeness (QED) is 0.475. The van der Waals surface area contributed by atoms with Crippen molar-refractivity contribution in [3.8, 4) is 0 Å². The number of anilines is 1. The Kier molecular flexibility index (Phi) is 6.33. The summed E-state index contributed by atoms with van der Waals surface area (Å²) in [6.07, 6.45) is 0. The zero-order valence-electron chi connectivity index (χ0n) is 15.8. The SMILES string of the molecule is CCn1c(=O)c(C(=O)CSc2ccc(F)cc2)c(N)n(Cc2ccccc2)c1=O. The first-order chi connectivity index (χ1) is 13.9. The molecule has 0 unspecified atom stereocenters. The number of halogens is 1. The molecule has 0 spiro atoms. The monoisotopic (exact) mass is 413 g/mol. The van der Waals surface area contributed by atoms with Crippen LogP contribution in [0.25, 0.3) is 0 Å². The molecule has 2 aromatic carbocycles. The molecule has 0 fully saturated rings. The van der Waals surface area contributed by atoms with E-state index in [0.717, 1.165) is 10.1 Å². The third kappa shape index (κ3) is 4.48. The van der Waals surface area contributed by atoms with Gasteiger partial charge < -0.3 is 5.73 Å². The van der Waals surface area contributed by atoms with Crippen molar-refractivity contribution in [3.05, 3.63) is 92.4 Å². The van der Waals surface area contributed by atoms with Gasteiger partial charge in [-0.3, -0.25) is 18.7 Å². The molecular weight excluding hydrogens is 393 g/mol. The fraction of sp³-hybridized carbons (Fsp3) is 0.190. The molecule has 3 rings (SSSR count). The normalized spacial score (nSPS) is 10.8. The fourth-order valence-corrected chi connectivity index (χ4v) is 3.70. The molecule has 29 heavy (non-hydrogen) atoms. The van der Waals surface area contributed by atoms with Crippen LogP contribution in [-0.2, 0) is 13.1 Å². The van der Waals surface area contributed by atoms with E-state index in [4.69, 9.17) is 5.73 Å². The minimum Gasteiger partial charge on any atom is -0.384 e. The first-order valence-corrected chi connectivity index (χ1v) is 9.99. The van der Waals surface area contributed by atoms with Gasteiger partial charge in [0.1, 0.15) is 17.2 Å². The molecule has 0 bridgehead atoms. The summed E-state index contributed by atoms with van der Waals surface area (Å²) >= 11 is 1.17. The number of Topliss-reactive ketones (excluding diaryl/α,β-unsaturated/α-hetero) is 1. The average molecular weight is 413 g/mol. The number of nitrogens with two attached hydrogens (primary N) is 1. The highest BCUT2D eigenvalue weighted by Gasteiger charge is 2.22. The number of aromatic nitrogens is 2. The van der Waals surface area contributed by atoms with Crippen molar-refractivity contribution in [2.75, 3.05) is 11.5 Å². The second-order valence-electron chi connectivity index (χ2n) is 6.33. The van der Waals surface area contributed by atoms with Gasteiger partial charge in [0.2, 0.25) is 0 Å². The number of ketones is 1. The molecule has 1 aromatic heterocycles. The Labute approximate surface area is 170 Å². The Morgan fingerprint density at radius 1 is 1.03 bits per heavy atom. The second kappa shape index (κ2) is 8.91. The van der Waals surface area contributed by atoms with Crippen LogP contribution in [0.4, 0.5) is 10.2 Å². The summed E-state index contributed by atoms with van der Waals surface area (Å²) in [4.78, 5) is 39.0. The highest BCUT2D eigenvalue weighted by Crippen LogP contribution is 2.20. The van der Waals surface area contributed by atoms with Gasteiger partial charge in [0.15, 0.2) is 5.78 Å². The number of nitrogen functional groups attached to an aromatic ring is 1. The number of thioether (sulfide) groups is 1. The summed E-state index contributed by atoms with van der Waals surface area (Å²) in [5.41, 5.74) is 5.50. The van der Waals surface area contributed by atoms with Crippen molar-refractivity contribution in [2.45, 2.75) is 24.9 Å². The molecule has 150 valence electrons. The Balaban J connectivity index is 1.97. The van der Waals surface area contributed by atoms with Crippen LogP contribution < -0.4 is 17.0 Å². The van der Waals surface area contributed by atoms with Gasteiger partial charge in [-0.1, -0.05) is 30.3 Å². The number of carbonyl (C=O) groups is 1. The van der Waals surface area contributed by atoms with E-state index >= 15 is 0 Å². The molecule has 1 heterocycles. The maximum absolute atomic E-state index is 13.0. The summed E-state index contributed by atoms with van der Waals surface area (Å²) in [5.74, 6) is -1.05. The minimum atomic E-state index is -0.691. The van der Waals surface area contributed by atoms with Crippen molar-refractivity contribution >= 4 is 23.4 Å².